The van der Waals surface area contributed by atoms with E-state index in [1.807, 2.05) is 6.07 Å². The number of para-hydroxylation sites is 1. The van der Waals surface area contributed by atoms with E-state index in [2.05, 4.69) is 5.32 Å². The maximum Gasteiger partial charge on any atom is 0.409 e. The lowest BCUT2D eigenvalue weighted by molar-refractivity contribution is -0.136. The highest BCUT2D eigenvalue weighted by Crippen LogP contribution is 2.44. The summed E-state index contributed by atoms with van der Waals surface area (Å²) in [5, 5.41) is 2.80. The molecule has 162 valence electrons. The molecule has 0 radical (unpaired) electrons. The molecule has 2 fully saturated rings. The second-order valence-corrected chi connectivity index (χ2v) is 7.38. The van der Waals surface area contributed by atoms with E-state index >= 15 is 0 Å². The molecule has 0 saturated carbocycles. The fraction of sp³-hybridized carbons (Fsp3) is 0.500. The molecule has 2 atom stereocenters. The van der Waals surface area contributed by atoms with Crippen molar-refractivity contribution in [3.05, 3.63) is 30.3 Å². The Labute approximate surface area is 174 Å². The molecule has 1 aromatic rings. The summed E-state index contributed by atoms with van der Waals surface area (Å²) in [5.41, 5.74) is 4.81. The van der Waals surface area contributed by atoms with Crippen LogP contribution in [-0.4, -0.2) is 72.2 Å². The van der Waals surface area contributed by atoms with Crippen molar-refractivity contribution >= 4 is 29.7 Å². The largest absolute Gasteiger partial charge is 0.450 e. The van der Waals surface area contributed by atoms with Gasteiger partial charge in [-0.2, -0.15) is 0 Å². The van der Waals surface area contributed by atoms with Gasteiger partial charge >= 0.3 is 12.2 Å². The van der Waals surface area contributed by atoms with Crippen LogP contribution < -0.4 is 11.1 Å². The van der Waals surface area contributed by atoms with Gasteiger partial charge in [-0.05, 0) is 31.9 Å². The average molecular weight is 418 g/mol. The van der Waals surface area contributed by atoms with E-state index in [0.717, 1.165) is 0 Å². The van der Waals surface area contributed by atoms with Crippen molar-refractivity contribution in [1.82, 2.24) is 9.80 Å². The number of ether oxygens (including phenoxy) is 2. The molecule has 1 spiro atoms. The third-order valence-corrected chi connectivity index (χ3v) is 5.85. The molecule has 1 aromatic carbocycles. The maximum absolute atomic E-state index is 13.3. The molecule has 3 N–H and O–H groups in total. The van der Waals surface area contributed by atoms with Crippen molar-refractivity contribution in [3.63, 3.8) is 0 Å². The lowest BCUT2D eigenvalue weighted by Crippen LogP contribution is -2.58. The summed E-state index contributed by atoms with van der Waals surface area (Å²) in [6.07, 6.45) is -2.22. The summed E-state index contributed by atoms with van der Waals surface area (Å²) in [5.74, 6) is -1.92. The molecule has 2 aliphatic heterocycles. The predicted octanol–water partition coefficient (Wildman–Crippen LogP) is 1.17. The van der Waals surface area contributed by atoms with Crippen LogP contribution in [0.3, 0.4) is 0 Å². The first-order valence-electron chi connectivity index (χ1n) is 9.81. The first kappa shape index (κ1) is 21.4. The molecule has 10 heteroatoms. The van der Waals surface area contributed by atoms with Gasteiger partial charge in [0.15, 0.2) is 6.10 Å². The number of carbonyl (C=O) groups excluding carboxylic acids is 4. The third-order valence-electron chi connectivity index (χ3n) is 5.85. The van der Waals surface area contributed by atoms with Gasteiger partial charge < -0.3 is 30.3 Å². The number of carbonyl (C=O) groups is 4. The number of likely N-dealkylation sites (tertiary alicyclic amines) is 2. The van der Waals surface area contributed by atoms with E-state index in [1.165, 1.54) is 4.90 Å². The number of hydrogen-bond acceptors (Lipinski definition) is 6. The van der Waals surface area contributed by atoms with E-state index in [-0.39, 0.29) is 6.61 Å². The van der Waals surface area contributed by atoms with E-state index < -0.39 is 41.6 Å². The van der Waals surface area contributed by atoms with Gasteiger partial charge in [0.25, 0.3) is 5.91 Å². The van der Waals surface area contributed by atoms with Crippen molar-refractivity contribution in [2.24, 2.45) is 11.7 Å². The smallest absolute Gasteiger partial charge is 0.409 e. The van der Waals surface area contributed by atoms with Gasteiger partial charge in [0, 0.05) is 25.8 Å². The molecule has 0 aliphatic carbocycles. The van der Waals surface area contributed by atoms with Gasteiger partial charge in [0.2, 0.25) is 5.91 Å². The lowest BCUT2D eigenvalue weighted by Gasteiger charge is -2.45. The number of amides is 4. The lowest BCUT2D eigenvalue weighted by atomic mass is 9.75. The number of nitrogens with two attached hydrogens (primary N) is 1. The highest BCUT2D eigenvalue weighted by atomic mass is 16.6. The zero-order valence-corrected chi connectivity index (χ0v) is 17.0. The number of nitrogens with zero attached hydrogens (tertiary/aromatic N) is 2. The third kappa shape index (κ3) is 3.89. The van der Waals surface area contributed by atoms with Gasteiger partial charge in [-0.15, -0.1) is 0 Å². The Bertz CT molecular complexity index is 822. The first-order chi connectivity index (χ1) is 14.3. The van der Waals surface area contributed by atoms with Crippen LogP contribution in [0.4, 0.5) is 15.3 Å². The minimum atomic E-state index is -1.33. The van der Waals surface area contributed by atoms with Crippen molar-refractivity contribution < 1.29 is 28.7 Å². The molecule has 3 rings (SSSR count). The quantitative estimate of drug-likeness (QED) is 0.755. The van der Waals surface area contributed by atoms with E-state index in [4.69, 9.17) is 15.2 Å². The van der Waals surface area contributed by atoms with E-state index in [1.54, 1.807) is 43.1 Å². The fourth-order valence-electron chi connectivity index (χ4n) is 4.35. The van der Waals surface area contributed by atoms with Crippen molar-refractivity contribution in [1.29, 1.82) is 0 Å². The molecule has 0 unspecified atom stereocenters. The monoisotopic (exact) mass is 418 g/mol. The molecule has 2 aliphatic rings. The average Bonchev–Trinajstić information content (AvgIpc) is 2.91. The Balaban J connectivity index is 1.89. The van der Waals surface area contributed by atoms with Crippen molar-refractivity contribution in [3.8, 4) is 0 Å². The highest BCUT2D eigenvalue weighted by molar-refractivity contribution is 6.01. The second kappa shape index (κ2) is 8.60. The molecule has 10 nitrogen and oxygen atoms in total. The zero-order valence-electron chi connectivity index (χ0n) is 17.0. The zero-order chi connectivity index (χ0) is 21.9. The van der Waals surface area contributed by atoms with Gasteiger partial charge in [-0.25, -0.2) is 9.59 Å². The van der Waals surface area contributed by atoms with Crippen LogP contribution >= 0.6 is 0 Å². The number of benzene rings is 1. The number of likely N-dealkylation sites (N-methyl/N-ethyl adjacent to an activating group) is 1. The number of rotatable bonds is 4. The Kier molecular flexibility index (Phi) is 6.14. The Hall–Kier alpha value is -3.30. The topological polar surface area (TPSA) is 131 Å². The Morgan fingerprint density at radius 2 is 1.83 bits per heavy atom. The van der Waals surface area contributed by atoms with Crippen LogP contribution in [0, 0.1) is 5.92 Å². The second-order valence-electron chi connectivity index (χ2n) is 7.38. The van der Waals surface area contributed by atoms with E-state index in [9.17, 15) is 19.2 Å². The Morgan fingerprint density at radius 3 is 2.40 bits per heavy atom. The Morgan fingerprint density at radius 1 is 1.20 bits per heavy atom. The fourth-order valence-corrected chi connectivity index (χ4v) is 4.35. The summed E-state index contributed by atoms with van der Waals surface area (Å²) < 4.78 is 10.1. The minimum absolute atomic E-state index is 0.259. The molecular weight excluding hydrogens is 392 g/mol. The van der Waals surface area contributed by atoms with Crippen LogP contribution in [0.5, 0.6) is 0 Å². The summed E-state index contributed by atoms with van der Waals surface area (Å²) in [6.45, 7) is 2.59. The molecule has 2 heterocycles. The minimum Gasteiger partial charge on any atom is -0.450 e. The van der Waals surface area contributed by atoms with Crippen LogP contribution in [0.25, 0.3) is 0 Å². The molecule has 0 aromatic heterocycles. The van der Waals surface area contributed by atoms with Gasteiger partial charge in [0.05, 0.1) is 12.1 Å². The summed E-state index contributed by atoms with van der Waals surface area (Å²) in [7, 11) is 1.58. The summed E-state index contributed by atoms with van der Waals surface area (Å²) in [4.78, 5) is 52.7. The number of hydrogen-bond donors (Lipinski definition) is 2. The highest BCUT2D eigenvalue weighted by Gasteiger charge is 2.62. The molecule has 4 amide bonds. The van der Waals surface area contributed by atoms with Crippen molar-refractivity contribution in [2.45, 2.75) is 31.4 Å². The van der Waals surface area contributed by atoms with Crippen LogP contribution in [0.1, 0.15) is 19.8 Å². The first-order valence-corrected chi connectivity index (χ1v) is 9.81. The summed E-state index contributed by atoms with van der Waals surface area (Å²) in [6, 6.07) is 8.80. The SMILES string of the molecule is CCOC(=O)N1CCC2(CC1)[C@H](C(=O)Nc1ccccc1)[C@@H](OC(N)=O)C(=O)N2C. The number of anilines is 1. The number of primary amides is 1. The normalized spacial score (nSPS) is 22.7. The van der Waals surface area contributed by atoms with Gasteiger partial charge in [0.1, 0.15) is 5.92 Å². The maximum atomic E-state index is 13.3. The van der Waals surface area contributed by atoms with Crippen LogP contribution in [0.2, 0.25) is 0 Å². The van der Waals surface area contributed by atoms with E-state index in [0.29, 0.717) is 31.6 Å². The molecular formula is C20H26N4O6. The molecule has 0 bridgehead atoms. The van der Waals surface area contributed by atoms with Crippen LogP contribution in [-0.2, 0) is 19.1 Å². The number of nitrogens with one attached hydrogen (secondary N) is 1. The van der Waals surface area contributed by atoms with Crippen molar-refractivity contribution in [2.75, 3.05) is 32.1 Å². The molecule has 2 saturated heterocycles. The standard InChI is InChI=1S/C20H26N4O6/c1-3-29-19(28)24-11-9-20(10-12-24)14(15(30-18(21)27)17(26)23(20)2)16(25)22-13-7-5-4-6-8-13/h4-8,14-15H,3,9-12H2,1-2H3,(H2,21,27)(H,22,25)/t14-,15+/m0/s1. The predicted molar refractivity (Wildman–Crippen MR) is 106 cm³/mol. The van der Waals surface area contributed by atoms with Gasteiger partial charge in [-0.3, -0.25) is 9.59 Å². The van der Waals surface area contributed by atoms with Gasteiger partial charge in [-0.1, -0.05) is 18.2 Å². The summed E-state index contributed by atoms with van der Waals surface area (Å²) >= 11 is 0. The number of piperidine rings is 1. The molecule has 30 heavy (non-hydrogen) atoms. The van der Waals surface area contributed by atoms with Crippen LogP contribution in [0.15, 0.2) is 30.3 Å².